The summed E-state index contributed by atoms with van der Waals surface area (Å²) >= 11 is 0. The van der Waals surface area contributed by atoms with E-state index in [0.29, 0.717) is 66.5 Å². The molecule has 4 aliphatic carbocycles. The van der Waals surface area contributed by atoms with Gasteiger partial charge in [-0.1, -0.05) is 39.5 Å². The zero-order valence-corrected chi connectivity index (χ0v) is 30.9. The van der Waals surface area contributed by atoms with Crippen LogP contribution in [0.25, 0.3) is 0 Å². The highest BCUT2D eigenvalue weighted by atomic mass is 31.1. The number of hydrogen-bond donors (Lipinski definition) is 4. The molecule has 10 unspecified atom stereocenters. The summed E-state index contributed by atoms with van der Waals surface area (Å²) in [6.07, 6.45) is 18.8. The minimum atomic E-state index is -0.687. The SMILES string of the molecule is CCC(PCCCPC(CC)(C1CCCC(C(=O)O)C1)C1CCCC(C(=O)O)C1)(C1CCCC(C(=O)O)C1)C1CCCC(C(=O)O)C1. The highest BCUT2D eigenvalue weighted by Gasteiger charge is 2.49. The maximum absolute atomic E-state index is 12.1. The van der Waals surface area contributed by atoms with Crippen molar-refractivity contribution in [1.29, 1.82) is 0 Å². The Labute approximate surface area is 286 Å². The van der Waals surface area contributed by atoms with Gasteiger partial charge in [-0.25, -0.2) is 0 Å². The normalized spacial score (nSPS) is 34.9. The molecule has 0 aromatic carbocycles. The Bertz CT molecular complexity index is 931. The smallest absolute Gasteiger partial charge is 0.306 e. The van der Waals surface area contributed by atoms with E-state index >= 15 is 0 Å². The van der Waals surface area contributed by atoms with Crippen LogP contribution in [0.2, 0.25) is 0 Å². The molecule has 0 amide bonds. The van der Waals surface area contributed by atoms with Crippen LogP contribution < -0.4 is 0 Å². The Morgan fingerprint density at radius 1 is 0.489 bits per heavy atom. The van der Waals surface area contributed by atoms with Gasteiger partial charge in [0.15, 0.2) is 0 Å². The van der Waals surface area contributed by atoms with Crippen LogP contribution in [-0.4, -0.2) is 66.9 Å². The van der Waals surface area contributed by atoms with Gasteiger partial charge in [0.1, 0.15) is 0 Å². The van der Waals surface area contributed by atoms with Crippen LogP contribution in [-0.2, 0) is 19.2 Å². The summed E-state index contributed by atoms with van der Waals surface area (Å²) in [5.41, 5.74) is 0. The van der Waals surface area contributed by atoms with Gasteiger partial charge in [0.25, 0.3) is 0 Å². The van der Waals surface area contributed by atoms with Crippen molar-refractivity contribution in [3.8, 4) is 0 Å². The highest BCUT2D eigenvalue weighted by Crippen LogP contribution is 2.59. The van der Waals surface area contributed by atoms with E-state index in [1.54, 1.807) is 0 Å². The average molecular weight is 697 g/mol. The second-order valence-corrected chi connectivity index (χ2v) is 19.2. The highest BCUT2D eigenvalue weighted by molar-refractivity contribution is 7.41. The van der Waals surface area contributed by atoms with Gasteiger partial charge in [-0.05, 0) is 143 Å². The number of carboxylic acid groups (broad SMARTS) is 4. The summed E-state index contributed by atoms with van der Waals surface area (Å²) in [6.45, 7) is 4.52. The molecule has 0 radical (unpaired) electrons. The van der Waals surface area contributed by atoms with Crippen LogP contribution in [0.4, 0.5) is 0 Å². The van der Waals surface area contributed by atoms with Gasteiger partial charge < -0.3 is 20.4 Å². The van der Waals surface area contributed by atoms with E-state index in [1.807, 2.05) is 0 Å². The minimum Gasteiger partial charge on any atom is -0.481 e. The second kappa shape index (κ2) is 17.6. The summed E-state index contributed by atoms with van der Waals surface area (Å²) in [7, 11) is 1.35. The molecule has 0 spiro atoms. The Morgan fingerprint density at radius 3 is 0.957 bits per heavy atom. The largest absolute Gasteiger partial charge is 0.481 e. The van der Waals surface area contributed by atoms with Gasteiger partial charge in [0, 0.05) is 0 Å². The molecule has 10 heteroatoms. The van der Waals surface area contributed by atoms with E-state index in [1.165, 1.54) is 0 Å². The van der Waals surface area contributed by atoms with E-state index in [0.717, 1.165) is 109 Å². The fraction of sp³-hybridized carbons (Fsp3) is 0.892. The third-order valence-electron chi connectivity index (χ3n) is 13.4. The first-order chi connectivity index (χ1) is 22.5. The number of carbonyl (C=O) groups is 4. The summed E-state index contributed by atoms with van der Waals surface area (Å²) in [5.74, 6) is -2.67. The maximum Gasteiger partial charge on any atom is 0.306 e. The molecule has 4 rings (SSSR count). The molecule has 8 nitrogen and oxygen atoms in total. The van der Waals surface area contributed by atoms with Crippen LogP contribution in [0.3, 0.4) is 0 Å². The predicted octanol–water partition coefficient (Wildman–Crippen LogP) is 8.60. The Morgan fingerprint density at radius 2 is 0.745 bits per heavy atom. The van der Waals surface area contributed by atoms with Crippen molar-refractivity contribution in [2.24, 2.45) is 47.3 Å². The predicted molar refractivity (Wildman–Crippen MR) is 189 cm³/mol. The number of aliphatic carboxylic acids is 4. The molecule has 10 atom stereocenters. The summed E-state index contributed by atoms with van der Waals surface area (Å²) in [4.78, 5) is 48.4. The zero-order chi connectivity index (χ0) is 34.2. The lowest BCUT2D eigenvalue weighted by Gasteiger charge is -2.51. The van der Waals surface area contributed by atoms with E-state index in [4.69, 9.17) is 0 Å². The Hall–Kier alpha value is -1.26. The lowest BCUT2D eigenvalue weighted by molar-refractivity contribution is -0.145. The molecular weight excluding hydrogens is 634 g/mol. The summed E-state index contributed by atoms with van der Waals surface area (Å²) < 4.78 is 0. The molecule has 0 bridgehead atoms. The lowest BCUT2D eigenvalue weighted by Crippen LogP contribution is -2.46. The minimum absolute atomic E-state index is 0.0106. The molecule has 4 saturated carbocycles. The molecule has 0 saturated heterocycles. The van der Waals surface area contributed by atoms with Crippen LogP contribution >= 0.6 is 17.2 Å². The average Bonchev–Trinajstić information content (AvgIpc) is 3.08. The first-order valence-electron chi connectivity index (χ1n) is 18.9. The maximum atomic E-state index is 12.1. The van der Waals surface area contributed by atoms with E-state index in [2.05, 4.69) is 13.8 Å². The van der Waals surface area contributed by atoms with Gasteiger partial charge in [0.2, 0.25) is 0 Å². The molecule has 0 heterocycles. The standard InChI is InChI=1S/C37H62O8P2/c1-3-36(28-14-5-10-24(20-28)32(38)39,29-15-6-11-25(21-29)33(40)41)46-18-9-19-47-37(4-2,30-16-7-12-26(22-30)34(42)43)31-17-8-13-27(23-31)35(44)45/h24-31,46-47H,3-23H2,1-2H3,(H,38,39)(H,40,41)(H,42,43)(H,44,45). The lowest BCUT2D eigenvalue weighted by atomic mass is 9.64. The van der Waals surface area contributed by atoms with Gasteiger partial charge >= 0.3 is 23.9 Å². The fourth-order valence-electron chi connectivity index (χ4n) is 10.9. The fourth-order valence-corrected chi connectivity index (χ4v) is 15.6. The van der Waals surface area contributed by atoms with Crippen LogP contribution in [0.15, 0.2) is 0 Å². The molecule has 0 aromatic rings. The van der Waals surface area contributed by atoms with Crippen molar-refractivity contribution in [1.82, 2.24) is 0 Å². The van der Waals surface area contributed by atoms with Crippen molar-refractivity contribution in [2.45, 2.75) is 146 Å². The molecular formula is C37H62O8P2. The van der Waals surface area contributed by atoms with E-state index < -0.39 is 23.9 Å². The number of hydrogen-bond acceptors (Lipinski definition) is 4. The van der Waals surface area contributed by atoms with Gasteiger partial charge in [-0.2, -0.15) is 0 Å². The molecule has 4 fully saturated rings. The van der Waals surface area contributed by atoms with Crippen LogP contribution in [0, 0.1) is 47.3 Å². The zero-order valence-electron chi connectivity index (χ0n) is 28.9. The number of carboxylic acids is 4. The van der Waals surface area contributed by atoms with Gasteiger partial charge in [-0.15, -0.1) is 17.2 Å². The van der Waals surface area contributed by atoms with E-state index in [-0.39, 0.29) is 34.0 Å². The first kappa shape index (κ1) is 38.5. The molecule has 0 aliphatic heterocycles. The second-order valence-electron chi connectivity index (χ2n) is 15.6. The van der Waals surface area contributed by atoms with Gasteiger partial charge in [-0.3, -0.25) is 19.2 Å². The summed E-state index contributed by atoms with van der Waals surface area (Å²) in [5, 5.41) is 39.7. The van der Waals surface area contributed by atoms with Crippen LogP contribution in [0.1, 0.15) is 136 Å². The quantitative estimate of drug-likeness (QED) is 0.0926. The monoisotopic (exact) mass is 696 g/mol. The Balaban J connectivity index is 1.51. The van der Waals surface area contributed by atoms with E-state index in [9.17, 15) is 39.6 Å². The van der Waals surface area contributed by atoms with Crippen molar-refractivity contribution >= 4 is 41.0 Å². The molecule has 268 valence electrons. The topological polar surface area (TPSA) is 149 Å². The molecule has 0 aromatic heterocycles. The Kier molecular flexibility index (Phi) is 14.4. The number of rotatable bonds is 16. The molecule has 4 aliphatic rings. The van der Waals surface area contributed by atoms with Crippen LogP contribution in [0.5, 0.6) is 0 Å². The van der Waals surface area contributed by atoms with Crippen molar-refractivity contribution < 1.29 is 39.6 Å². The summed E-state index contributed by atoms with van der Waals surface area (Å²) in [6, 6.07) is 0. The third-order valence-corrected chi connectivity index (χ3v) is 18.3. The van der Waals surface area contributed by atoms with Crippen molar-refractivity contribution in [3.05, 3.63) is 0 Å². The molecule has 47 heavy (non-hydrogen) atoms. The van der Waals surface area contributed by atoms with Gasteiger partial charge in [0.05, 0.1) is 23.7 Å². The van der Waals surface area contributed by atoms with Crippen molar-refractivity contribution in [3.63, 3.8) is 0 Å². The third kappa shape index (κ3) is 9.11. The molecule has 4 N–H and O–H groups in total. The van der Waals surface area contributed by atoms with Crippen molar-refractivity contribution in [2.75, 3.05) is 12.3 Å². The first-order valence-corrected chi connectivity index (χ1v) is 21.3.